The first-order chi connectivity index (χ1) is 6.76. The number of piperidine rings is 1. The molecule has 1 atom stereocenters. The Balaban J connectivity index is 2.36. The lowest BCUT2D eigenvalue weighted by Crippen LogP contribution is -2.47. The molecule has 1 amide bonds. The van der Waals surface area contributed by atoms with Gasteiger partial charge in [0.2, 0.25) is 0 Å². The van der Waals surface area contributed by atoms with Gasteiger partial charge in [-0.3, -0.25) is 4.79 Å². The van der Waals surface area contributed by atoms with Crippen molar-refractivity contribution in [3.05, 3.63) is 0 Å². The molecule has 1 fully saturated rings. The zero-order valence-electron chi connectivity index (χ0n) is 8.35. The molecule has 14 heavy (non-hydrogen) atoms. The maximum atomic E-state index is 11.2. The highest BCUT2D eigenvalue weighted by Gasteiger charge is 2.19. The van der Waals surface area contributed by atoms with Gasteiger partial charge in [-0.1, -0.05) is 6.92 Å². The minimum atomic E-state index is -0.190. The van der Waals surface area contributed by atoms with Gasteiger partial charge in [0.25, 0.3) is 5.91 Å². The van der Waals surface area contributed by atoms with Crippen molar-refractivity contribution in [3.8, 4) is 10.8 Å². The molecule has 78 valence electrons. The van der Waals surface area contributed by atoms with Crippen LogP contribution in [0.3, 0.4) is 0 Å². The second kappa shape index (κ2) is 6.05. The quantitative estimate of drug-likeness (QED) is 0.749. The van der Waals surface area contributed by atoms with E-state index in [0.29, 0.717) is 0 Å². The summed E-state index contributed by atoms with van der Waals surface area (Å²) in [5.41, 5.74) is 0. The monoisotopic (exact) mass is 258 g/mol. The summed E-state index contributed by atoms with van der Waals surface area (Å²) in [6.07, 6.45) is 2.22. The predicted molar refractivity (Wildman–Crippen MR) is 60.0 cm³/mol. The molecule has 0 spiro atoms. The number of carbonyl (C=O) groups is 1. The average molecular weight is 259 g/mol. The molecule has 0 aromatic rings. The molecule has 1 unspecified atom stereocenters. The summed E-state index contributed by atoms with van der Waals surface area (Å²) < 4.78 is 0. The molecule has 0 radical (unpaired) electrons. The van der Waals surface area contributed by atoms with E-state index >= 15 is 0 Å². The number of likely N-dealkylation sites (N-methyl/N-ethyl adjacent to an activating group) is 1. The average Bonchev–Trinajstić information content (AvgIpc) is 2.18. The Kier molecular flexibility index (Phi) is 4.99. The van der Waals surface area contributed by atoms with E-state index in [0.717, 1.165) is 32.5 Å². The Morgan fingerprint density at radius 3 is 3.14 bits per heavy atom. The number of likely N-dealkylation sites (tertiary alicyclic amines) is 1. The fourth-order valence-electron chi connectivity index (χ4n) is 1.72. The van der Waals surface area contributed by atoms with Crippen LogP contribution < -0.4 is 5.32 Å². The van der Waals surface area contributed by atoms with Gasteiger partial charge in [0.05, 0.1) is 0 Å². The Morgan fingerprint density at radius 1 is 1.71 bits per heavy atom. The van der Waals surface area contributed by atoms with E-state index in [1.165, 1.54) is 0 Å². The number of rotatable bonds is 2. The Bertz CT molecular complexity index is 257. The number of hydrogen-bond acceptors (Lipinski definition) is 2. The molecule has 0 aromatic carbocycles. The van der Waals surface area contributed by atoms with Gasteiger partial charge >= 0.3 is 0 Å². The van der Waals surface area contributed by atoms with Gasteiger partial charge in [-0.05, 0) is 30.8 Å². The third-order valence-electron chi connectivity index (χ3n) is 2.45. The molecule has 4 heteroatoms. The lowest BCUT2D eigenvalue weighted by Gasteiger charge is -2.31. The Hall–Kier alpha value is -0.530. The normalized spacial score (nSPS) is 22.3. The number of halogens is 1. The molecular formula is C10H15BrN2O. The predicted octanol–water partition coefficient (Wildman–Crippen LogP) is 0.943. The lowest BCUT2D eigenvalue weighted by atomic mass is 10.1. The number of amides is 1. The highest BCUT2D eigenvalue weighted by atomic mass is 79.9. The lowest BCUT2D eigenvalue weighted by molar-refractivity contribution is -0.116. The molecule has 1 heterocycles. The van der Waals surface area contributed by atoms with Crippen molar-refractivity contribution in [3.63, 3.8) is 0 Å². The minimum Gasteiger partial charge on any atom is -0.341 e. The van der Waals surface area contributed by atoms with Gasteiger partial charge < -0.3 is 10.2 Å². The van der Waals surface area contributed by atoms with Crippen molar-refractivity contribution in [2.45, 2.75) is 25.8 Å². The summed E-state index contributed by atoms with van der Waals surface area (Å²) in [4.78, 5) is 15.9. The van der Waals surface area contributed by atoms with Crippen molar-refractivity contribution < 1.29 is 4.79 Å². The van der Waals surface area contributed by atoms with Gasteiger partial charge in [0.15, 0.2) is 0 Å². The van der Waals surface area contributed by atoms with E-state index in [2.05, 4.69) is 43.8 Å². The number of nitrogens with one attached hydrogen (secondary N) is 1. The van der Waals surface area contributed by atoms with Crippen LogP contribution in [0.5, 0.6) is 0 Å². The Labute approximate surface area is 93.4 Å². The number of nitrogens with zero attached hydrogens (tertiary/aromatic N) is 1. The van der Waals surface area contributed by atoms with Crippen LogP contribution in [-0.4, -0.2) is 36.5 Å². The van der Waals surface area contributed by atoms with Crippen LogP contribution in [-0.2, 0) is 4.79 Å². The van der Waals surface area contributed by atoms with E-state index < -0.39 is 0 Å². The van der Waals surface area contributed by atoms with Crippen LogP contribution in [0.4, 0.5) is 0 Å². The molecule has 0 bridgehead atoms. The number of hydrogen-bond donors (Lipinski definition) is 1. The third-order valence-corrected chi connectivity index (χ3v) is 2.65. The zero-order valence-corrected chi connectivity index (χ0v) is 9.93. The van der Waals surface area contributed by atoms with Crippen LogP contribution in [0.1, 0.15) is 19.8 Å². The minimum absolute atomic E-state index is 0.190. The molecule has 0 aromatic heterocycles. The van der Waals surface area contributed by atoms with E-state index in [-0.39, 0.29) is 11.9 Å². The smallest absolute Gasteiger partial charge is 0.297 e. The van der Waals surface area contributed by atoms with Gasteiger partial charge in [0, 0.05) is 34.4 Å². The van der Waals surface area contributed by atoms with E-state index in [1.807, 2.05) is 0 Å². The van der Waals surface area contributed by atoms with E-state index in [4.69, 9.17) is 0 Å². The molecule has 1 saturated heterocycles. The SMILES string of the molecule is CCN1CCCC(NC(=O)C#CBr)C1. The maximum absolute atomic E-state index is 11.2. The summed E-state index contributed by atoms with van der Waals surface area (Å²) in [5.74, 6) is 2.23. The first kappa shape index (κ1) is 11.5. The molecule has 1 N–H and O–H groups in total. The summed E-state index contributed by atoms with van der Waals surface area (Å²) in [7, 11) is 0. The van der Waals surface area contributed by atoms with Crippen LogP contribution in [0.15, 0.2) is 0 Å². The fraction of sp³-hybridized carbons (Fsp3) is 0.700. The summed E-state index contributed by atoms with van der Waals surface area (Å²) in [6, 6.07) is 0.268. The van der Waals surface area contributed by atoms with Crippen LogP contribution in [0.25, 0.3) is 0 Å². The first-order valence-corrected chi connectivity index (χ1v) is 5.70. The van der Waals surface area contributed by atoms with Crippen molar-refractivity contribution >= 4 is 21.8 Å². The molecule has 0 aliphatic carbocycles. The van der Waals surface area contributed by atoms with Gasteiger partial charge in [-0.2, -0.15) is 0 Å². The van der Waals surface area contributed by atoms with Crippen molar-refractivity contribution in [1.82, 2.24) is 10.2 Å². The molecule has 0 saturated carbocycles. The molecule has 1 aliphatic heterocycles. The van der Waals surface area contributed by atoms with E-state index in [1.54, 1.807) is 0 Å². The van der Waals surface area contributed by atoms with Gasteiger partial charge in [-0.25, -0.2) is 0 Å². The standard InChI is InChI=1S/C10H15BrN2O/c1-2-13-7-3-4-9(8-13)12-10(14)5-6-11/h9H,2-4,7-8H2,1H3,(H,12,14). The van der Waals surface area contributed by atoms with Crippen molar-refractivity contribution in [2.75, 3.05) is 19.6 Å². The number of carbonyl (C=O) groups excluding carboxylic acids is 1. The zero-order chi connectivity index (χ0) is 10.4. The van der Waals surface area contributed by atoms with Crippen molar-refractivity contribution in [1.29, 1.82) is 0 Å². The van der Waals surface area contributed by atoms with E-state index in [9.17, 15) is 4.79 Å². The summed E-state index contributed by atoms with van der Waals surface area (Å²) in [5, 5.41) is 2.90. The topological polar surface area (TPSA) is 32.3 Å². The van der Waals surface area contributed by atoms with Gasteiger partial charge in [0.1, 0.15) is 0 Å². The van der Waals surface area contributed by atoms with Crippen LogP contribution >= 0.6 is 15.9 Å². The van der Waals surface area contributed by atoms with Crippen LogP contribution in [0, 0.1) is 10.8 Å². The first-order valence-electron chi connectivity index (χ1n) is 4.90. The highest BCUT2D eigenvalue weighted by molar-refractivity contribution is 9.12. The summed E-state index contributed by atoms with van der Waals surface area (Å²) >= 11 is 2.91. The Morgan fingerprint density at radius 2 is 2.50 bits per heavy atom. The largest absolute Gasteiger partial charge is 0.341 e. The van der Waals surface area contributed by atoms with Crippen molar-refractivity contribution in [2.24, 2.45) is 0 Å². The summed E-state index contributed by atoms with van der Waals surface area (Å²) in [6.45, 7) is 5.29. The van der Waals surface area contributed by atoms with Crippen LogP contribution in [0.2, 0.25) is 0 Å². The third kappa shape index (κ3) is 3.69. The molecular weight excluding hydrogens is 244 g/mol. The molecule has 1 rings (SSSR count). The molecule has 3 nitrogen and oxygen atoms in total. The molecule has 1 aliphatic rings. The van der Waals surface area contributed by atoms with Gasteiger partial charge in [-0.15, -0.1) is 0 Å². The fourth-order valence-corrected chi connectivity index (χ4v) is 1.91. The highest BCUT2D eigenvalue weighted by Crippen LogP contribution is 2.08. The second-order valence-corrected chi connectivity index (χ2v) is 3.82. The second-order valence-electron chi connectivity index (χ2n) is 3.43. The maximum Gasteiger partial charge on any atom is 0.297 e.